The summed E-state index contributed by atoms with van der Waals surface area (Å²) in [6.45, 7) is 0. The van der Waals surface area contributed by atoms with Crippen LogP contribution in [-0.2, 0) is 52.4 Å². The number of fused-ring (bicyclic) bond motifs is 2. The molecule has 284 valence electrons. The first-order valence-corrected chi connectivity index (χ1v) is 21.1. The standard InChI is InChI=1S/2C21H16P.2C5H5.2ClH.2Zr/c2*1-3-11-19(12-4-1)22(20-13-5-2-6-14-20)21-15-17-9-7-8-10-18(17)16-21;2*1-2-4-5-3-1;;;;/h2*1-16H;2*1-3H,4H2;2*1H;;/q4*-1;;;2*+2/p-2. The molecule has 2 aliphatic rings. The first kappa shape index (κ1) is 49.1. The van der Waals surface area contributed by atoms with Gasteiger partial charge in [-0.15, -0.1) is 93.5 Å². The Morgan fingerprint density at radius 3 is 0.914 bits per heavy atom. The zero-order valence-corrected chi connectivity index (χ0v) is 40.2. The molecule has 8 aromatic carbocycles. The van der Waals surface area contributed by atoms with Crippen molar-refractivity contribution in [2.24, 2.45) is 0 Å². The molecule has 0 bridgehead atoms. The third kappa shape index (κ3) is 13.9. The summed E-state index contributed by atoms with van der Waals surface area (Å²) in [5, 5.41) is 13.8. The molecule has 0 saturated heterocycles. The van der Waals surface area contributed by atoms with E-state index >= 15 is 0 Å². The van der Waals surface area contributed by atoms with Crippen LogP contribution in [-0.4, -0.2) is 0 Å². The fourth-order valence-electron chi connectivity index (χ4n) is 6.41. The molecule has 10 rings (SSSR count). The van der Waals surface area contributed by atoms with E-state index < -0.39 is 15.8 Å². The average Bonchev–Trinajstić information content (AvgIpc) is 4.10. The molecule has 0 nitrogen and oxygen atoms in total. The molecule has 6 heteroatoms. The largest absolute Gasteiger partial charge is 2.00 e. The van der Waals surface area contributed by atoms with E-state index in [1.54, 1.807) is 0 Å². The predicted octanol–water partition coefficient (Wildman–Crippen LogP) is 5.25. The maximum atomic E-state index is 2.99. The molecule has 58 heavy (non-hydrogen) atoms. The normalized spacial score (nSPS) is 11.5. The zero-order valence-electron chi connectivity index (χ0n) is 32.0. The molecule has 0 aromatic heterocycles. The summed E-state index contributed by atoms with van der Waals surface area (Å²) in [6, 6.07) is 70.0. The third-order valence-corrected chi connectivity index (χ3v) is 13.8. The first-order chi connectivity index (χ1) is 26.8. The van der Waals surface area contributed by atoms with Gasteiger partial charge in [-0.25, -0.2) is 24.3 Å². The molecular formula is C52H42Cl2P2Zr2-2. The Bertz CT molecular complexity index is 2110. The number of hydrogen-bond acceptors (Lipinski definition) is 0. The van der Waals surface area contributed by atoms with Crippen LogP contribution in [0.1, 0.15) is 12.8 Å². The van der Waals surface area contributed by atoms with Gasteiger partial charge >= 0.3 is 52.4 Å². The molecule has 0 spiro atoms. The molecular weight excluding hydrogens is 940 g/mol. The third-order valence-electron chi connectivity index (χ3n) is 8.95. The van der Waals surface area contributed by atoms with Crippen molar-refractivity contribution in [2.75, 3.05) is 0 Å². The summed E-state index contributed by atoms with van der Waals surface area (Å²) in [5.41, 5.74) is 0. The number of benzene rings is 6. The van der Waals surface area contributed by atoms with Gasteiger partial charge in [0.15, 0.2) is 0 Å². The van der Waals surface area contributed by atoms with Crippen LogP contribution in [0.4, 0.5) is 0 Å². The van der Waals surface area contributed by atoms with Crippen LogP contribution in [0.25, 0.3) is 21.5 Å². The second kappa shape index (κ2) is 26.7. The Balaban J connectivity index is 0.000000237. The molecule has 0 aliphatic heterocycles. The second-order valence-electron chi connectivity index (χ2n) is 12.7. The number of rotatable bonds is 6. The molecule has 0 heterocycles. The van der Waals surface area contributed by atoms with Crippen molar-refractivity contribution in [3.63, 3.8) is 0 Å². The van der Waals surface area contributed by atoms with Crippen molar-refractivity contribution in [2.45, 2.75) is 12.8 Å². The van der Waals surface area contributed by atoms with Crippen molar-refractivity contribution in [1.29, 1.82) is 0 Å². The van der Waals surface area contributed by atoms with Gasteiger partial charge in [-0.05, 0) is 37.1 Å². The SMILES string of the molecule is [C-]1=CC=CC1.[C-]1=CC=CC1.[Cl-].[Cl-].[Zr+2].[Zr+2].c1ccc(P(c2ccccc2)c2cc3ccccc3[cH-]2)cc1.c1ccc(P(c2ccccc2)c2cc3ccccc3[cH-]2)cc1. The predicted molar refractivity (Wildman–Crippen MR) is 240 cm³/mol. The van der Waals surface area contributed by atoms with Gasteiger partial charge in [0, 0.05) is 0 Å². The minimum atomic E-state index is -0.493. The van der Waals surface area contributed by atoms with Crippen molar-refractivity contribution in [1.82, 2.24) is 0 Å². The monoisotopic (exact) mass is 978 g/mol. The van der Waals surface area contributed by atoms with E-state index in [4.69, 9.17) is 0 Å². The van der Waals surface area contributed by atoms with Crippen LogP contribution in [0.15, 0.2) is 231 Å². The molecule has 8 aromatic rings. The van der Waals surface area contributed by atoms with E-state index in [1.807, 2.05) is 24.3 Å². The van der Waals surface area contributed by atoms with E-state index in [0.717, 1.165) is 12.8 Å². The molecule has 0 N–H and O–H groups in total. The smallest absolute Gasteiger partial charge is 1.00 e. The number of allylic oxidation sites excluding steroid dienone is 8. The summed E-state index contributed by atoms with van der Waals surface area (Å²) in [5.74, 6) is 0. The molecule has 0 fully saturated rings. The van der Waals surface area contributed by atoms with Gasteiger partial charge in [-0.2, -0.15) is 24.3 Å². The summed E-state index contributed by atoms with van der Waals surface area (Å²) >= 11 is 0. The molecule has 2 aliphatic carbocycles. The van der Waals surface area contributed by atoms with Gasteiger partial charge in [-0.3, -0.25) is 12.2 Å². The average molecular weight is 982 g/mol. The molecule has 0 saturated carbocycles. The van der Waals surface area contributed by atoms with Crippen LogP contribution in [0.5, 0.6) is 0 Å². The van der Waals surface area contributed by atoms with Gasteiger partial charge in [0.25, 0.3) is 0 Å². The van der Waals surface area contributed by atoms with Crippen LogP contribution >= 0.6 is 15.8 Å². The fourth-order valence-corrected chi connectivity index (χ4v) is 11.2. The molecule has 0 unspecified atom stereocenters. The minimum absolute atomic E-state index is 0. The Labute approximate surface area is 398 Å². The topological polar surface area (TPSA) is 0 Å². The van der Waals surface area contributed by atoms with Crippen LogP contribution in [0.2, 0.25) is 0 Å². The van der Waals surface area contributed by atoms with E-state index in [1.165, 1.54) is 53.4 Å². The maximum Gasteiger partial charge on any atom is 2.00 e. The minimum Gasteiger partial charge on any atom is -1.00 e. The number of hydrogen-bond donors (Lipinski definition) is 0. The van der Waals surface area contributed by atoms with Gasteiger partial charge in [0.2, 0.25) is 0 Å². The van der Waals surface area contributed by atoms with E-state index in [0.29, 0.717) is 0 Å². The number of halogens is 2. The van der Waals surface area contributed by atoms with Crippen LogP contribution < -0.4 is 56.6 Å². The van der Waals surface area contributed by atoms with Crippen molar-refractivity contribution >= 4 is 69.2 Å². The van der Waals surface area contributed by atoms with Gasteiger partial charge in [0.1, 0.15) is 0 Å². The van der Waals surface area contributed by atoms with E-state index in [9.17, 15) is 0 Å². The zero-order chi connectivity index (χ0) is 36.6. The Morgan fingerprint density at radius 1 is 0.379 bits per heavy atom. The second-order valence-corrected chi connectivity index (χ2v) is 17.1. The van der Waals surface area contributed by atoms with Gasteiger partial charge < -0.3 is 24.8 Å². The van der Waals surface area contributed by atoms with Crippen molar-refractivity contribution in [3.8, 4) is 0 Å². The van der Waals surface area contributed by atoms with E-state index in [-0.39, 0.29) is 77.2 Å². The molecule has 0 atom stereocenters. The summed E-state index contributed by atoms with van der Waals surface area (Å²) in [7, 11) is -0.986. The maximum absolute atomic E-state index is 2.99. The van der Waals surface area contributed by atoms with Gasteiger partial charge in [-0.1, -0.05) is 133 Å². The van der Waals surface area contributed by atoms with E-state index in [2.05, 4.69) is 218 Å². The summed E-state index contributed by atoms with van der Waals surface area (Å²) in [4.78, 5) is 0. The van der Waals surface area contributed by atoms with Crippen molar-refractivity contribution < 1.29 is 77.2 Å². The Morgan fingerprint density at radius 2 is 0.672 bits per heavy atom. The van der Waals surface area contributed by atoms with Gasteiger partial charge in [0.05, 0.1) is 0 Å². The summed E-state index contributed by atoms with van der Waals surface area (Å²) < 4.78 is 0. The van der Waals surface area contributed by atoms with Crippen LogP contribution in [0, 0.1) is 12.2 Å². The van der Waals surface area contributed by atoms with Crippen molar-refractivity contribution in [3.05, 3.63) is 243 Å². The Hall–Kier alpha value is -3.29. The molecule has 0 amide bonds. The molecule has 0 radical (unpaired) electrons. The fraction of sp³-hybridized carbons (Fsp3) is 0.0385. The Kier molecular flexibility index (Phi) is 22.6. The quantitative estimate of drug-likeness (QED) is 0.158. The summed E-state index contributed by atoms with van der Waals surface area (Å²) in [6.07, 6.45) is 20.0. The van der Waals surface area contributed by atoms with Crippen LogP contribution in [0.3, 0.4) is 0 Å². The first-order valence-electron chi connectivity index (χ1n) is 18.4.